The van der Waals surface area contributed by atoms with Gasteiger partial charge in [-0.25, -0.2) is 13.4 Å². The van der Waals surface area contributed by atoms with Crippen molar-refractivity contribution in [3.8, 4) is 0 Å². The summed E-state index contributed by atoms with van der Waals surface area (Å²) in [5, 5.41) is -0.690. The molecular weight excluding hydrogens is 243 g/mol. The van der Waals surface area contributed by atoms with Gasteiger partial charge in [0.1, 0.15) is 10.0 Å². The van der Waals surface area contributed by atoms with Gasteiger partial charge in [-0.3, -0.25) is 0 Å². The second kappa shape index (κ2) is 3.39. The van der Waals surface area contributed by atoms with E-state index in [9.17, 15) is 21.6 Å². The molecule has 0 fully saturated rings. The summed E-state index contributed by atoms with van der Waals surface area (Å²) < 4.78 is 57.7. The molecule has 0 aliphatic heterocycles. The smallest absolute Gasteiger partial charge is 0.243 e. The summed E-state index contributed by atoms with van der Waals surface area (Å²) in [7, 11) is -5.40. The first kappa shape index (κ1) is 11.3. The lowest BCUT2D eigenvalue weighted by Gasteiger charge is -2.07. The molecule has 0 bridgehead atoms. The molecule has 8 heteroatoms. The van der Waals surface area contributed by atoms with Gasteiger partial charge in [-0.05, 0) is 12.1 Å². The summed E-state index contributed by atoms with van der Waals surface area (Å²) in [4.78, 5) is 2.21. The zero-order chi connectivity index (χ0) is 11.0. The van der Waals surface area contributed by atoms with Gasteiger partial charge < -0.3 is 0 Å². The minimum atomic E-state index is -5.40. The molecule has 0 saturated heterocycles. The van der Waals surface area contributed by atoms with Crippen molar-refractivity contribution in [3.63, 3.8) is 0 Å². The zero-order valence-corrected chi connectivity index (χ0v) is 7.99. The highest BCUT2D eigenvalue weighted by Gasteiger charge is 2.48. The molecule has 0 amide bonds. The van der Waals surface area contributed by atoms with E-state index >= 15 is 0 Å². The fourth-order valence-corrected chi connectivity index (χ4v) is 1.90. The largest absolute Gasteiger partial charge is 0.502 e. The minimum Gasteiger partial charge on any atom is -0.243 e. The van der Waals surface area contributed by atoms with Crippen molar-refractivity contribution in [2.75, 3.05) is 0 Å². The van der Waals surface area contributed by atoms with Crippen molar-refractivity contribution >= 4 is 21.4 Å². The van der Waals surface area contributed by atoms with E-state index in [0.29, 0.717) is 0 Å². The van der Waals surface area contributed by atoms with E-state index in [2.05, 4.69) is 4.98 Å². The van der Waals surface area contributed by atoms with Gasteiger partial charge >= 0.3 is 5.51 Å². The van der Waals surface area contributed by atoms with Gasteiger partial charge in [0.25, 0.3) is 9.84 Å². The van der Waals surface area contributed by atoms with Gasteiger partial charge in [0.2, 0.25) is 0 Å². The molecule has 0 aliphatic rings. The summed E-state index contributed by atoms with van der Waals surface area (Å²) >= 11 is 5.22. The first-order valence-electron chi connectivity index (χ1n) is 3.18. The van der Waals surface area contributed by atoms with Crippen molar-refractivity contribution in [1.82, 2.24) is 4.98 Å². The van der Waals surface area contributed by atoms with Gasteiger partial charge in [0, 0.05) is 6.20 Å². The molecule has 0 spiro atoms. The molecule has 1 rings (SSSR count). The van der Waals surface area contributed by atoms with Crippen molar-refractivity contribution in [3.05, 3.63) is 23.5 Å². The van der Waals surface area contributed by atoms with E-state index in [0.717, 1.165) is 18.3 Å². The van der Waals surface area contributed by atoms with E-state index in [4.69, 9.17) is 11.6 Å². The van der Waals surface area contributed by atoms with Crippen LogP contribution in [0.1, 0.15) is 0 Å². The van der Waals surface area contributed by atoms with Crippen LogP contribution in [0, 0.1) is 0 Å². The van der Waals surface area contributed by atoms with Crippen LogP contribution in [0.5, 0.6) is 0 Å². The van der Waals surface area contributed by atoms with Gasteiger partial charge in [-0.15, -0.1) is 0 Å². The fraction of sp³-hybridized carbons (Fsp3) is 0.167. The van der Waals surface area contributed by atoms with Crippen LogP contribution in [0.2, 0.25) is 5.15 Å². The van der Waals surface area contributed by atoms with Gasteiger partial charge in [0.05, 0.1) is 0 Å². The normalized spacial score (nSPS) is 12.9. The monoisotopic (exact) mass is 245 g/mol. The Kier molecular flexibility index (Phi) is 2.73. The molecule has 78 valence electrons. The Morgan fingerprint density at radius 1 is 1.36 bits per heavy atom. The molecule has 0 saturated carbocycles. The van der Waals surface area contributed by atoms with Crippen molar-refractivity contribution < 1.29 is 21.6 Å². The topological polar surface area (TPSA) is 47.0 Å². The van der Waals surface area contributed by atoms with Crippen molar-refractivity contribution in [1.29, 1.82) is 0 Å². The molecule has 1 aromatic heterocycles. The third kappa shape index (κ3) is 1.83. The van der Waals surface area contributed by atoms with Crippen LogP contribution < -0.4 is 0 Å². The van der Waals surface area contributed by atoms with Gasteiger partial charge in [-0.1, -0.05) is 11.6 Å². The van der Waals surface area contributed by atoms with Crippen LogP contribution in [0.4, 0.5) is 13.2 Å². The maximum Gasteiger partial charge on any atom is 0.502 e. The molecule has 0 radical (unpaired) electrons. The highest BCUT2D eigenvalue weighted by molar-refractivity contribution is 7.92. The lowest BCUT2D eigenvalue weighted by Crippen LogP contribution is -2.23. The van der Waals surface area contributed by atoms with Crippen molar-refractivity contribution in [2.45, 2.75) is 10.4 Å². The number of alkyl halides is 3. The Balaban J connectivity index is 3.40. The van der Waals surface area contributed by atoms with E-state index < -0.39 is 25.4 Å². The average Bonchev–Trinajstić information content (AvgIpc) is 2.02. The lowest BCUT2D eigenvalue weighted by atomic mass is 10.5. The highest BCUT2D eigenvalue weighted by atomic mass is 35.5. The van der Waals surface area contributed by atoms with Gasteiger partial charge in [-0.2, -0.15) is 13.2 Å². The summed E-state index contributed by atoms with van der Waals surface area (Å²) in [6.45, 7) is 0. The predicted octanol–water partition coefficient (Wildman–Crippen LogP) is 2.03. The molecule has 0 unspecified atom stereocenters. The average molecular weight is 246 g/mol. The number of pyridine rings is 1. The Morgan fingerprint density at radius 3 is 2.36 bits per heavy atom. The molecule has 1 aromatic rings. The van der Waals surface area contributed by atoms with E-state index in [1.807, 2.05) is 0 Å². The number of halogens is 4. The number of rotatable bonds is 1. The van der Waals surface area contributed by atoms with Gasteiger partial charge in [0.15, 0.2) is 0 Å². The lowest BCUT2D eigenvalue weighted by molar-refractivity contribution is -0.0436. The van der Waals surface area contributed by atoms with E-state index in [1.54, 1.807) is 0 Å². The Morgan fingerprint density at radius 2 is 1.93 bits per heavy atom. The third-order valence-electron chi connectivity index (χ3n) is 1.32. The predicted molar refractivity (Wildman–Crippen MR) is 42.5 cm³/mol. The SMILES string of the molecule is O=S(=O)(c1cccnc1Cl)C(F)(F)F. The van der Waals surface area contributed by atoms with E-state index in [-0.39, 0.29) is 0 Å². The standard InChI is InChI=1S/C6H3ClF3NO2S/c7-5-4(2-1-3-11-5)14(12,13)6(8,9)10/h1-3H. The third-order valence-corrected chi connectivity index (χ3v) is 3.25. The molecule has 0 N–H and O–H groups in total. The maximum atomic E-state index is 12.0. The minimum absolute atomic E-state index is 0.690. The molecule has 0 atom stereocenters. The number of nitrogens with zero attached hydrogens (tertiary/aromatic N) is 1. The first-order chi connectivity index (χ1) is 6.27. The van der Waals surface area contributed by atoms with Crippen LogP contribution in [-0.4, -0.2) is 18.9 Å². The second-order valence-corrected chi connectivity index (χ2v) is 4.51. The Bertz CT molecular complexity index is 443. The summed E-state index contributed by atoms with van der Waals surface area (Å²) in [6.07, 6.45) is 1.09. The Labute approximate surface area is 82.4 Å². The molecule has 0 aliphatic carbocycles. The molecule has 0 aromatic carbocycles. The summed E-state index contributed by atoms with van der Waals surface area (Å²) in [5.74, 6) is 0. The Hall–Kier alpha value is -0.820. The van der Waals surface area contributed by atoms with Crippen molar-refractivity contribution in [2.24, 2.45) is 0 Å². The molecular formula is C6H3ClF3NO2S. The number of aromatic nitrogens is 1. The van der Waals surface area contributed by atoms with Crippen LogP contribution in [-0.2, 0) is 9.84 Å². The van der Waals surface area contributed by atoms with Crippen LogP contribution in [0.3, 0.4) is 0 Å². The molecule has 3 nitrogen and oxygen atoms in total. The molecule has 1 heterocycles. The second-order valence-electron chi connectivity index (χ2n) is 2.24. The van der Waals surface area contributed by atoms with Crippen LogP contribution in [0.25, 0.3) is 0 Å². The number of hydrogen-bond acceptors (Lipinski definition) is 3. The quantitative estimate of drug-likeness (QED) is 0.711. The first-order valence-corrected chi connectivity index (χ1v) is 5.05. The summed E-state index contributed by atoms with van der Waals surface area (Å²) in [6, 6.07) is 1.81. The number of hydrogen-bond donors (Lipinski definition) is 0. The van der Waals surface area contributed by atoms with Crippen LogP contribution >= 0.6 is 11.6 Å². The maximum absolute atomic E-state index is 12.0. The van der Waals surface area contributed by atoms with Crippen LogP contribution in [0.15, 0.2) is 23.2 Å². The van der Waals surface area contributed by atoms with E-state index in [1.165, 1.54) is 0 Å². The highest BCUT2D eigenvalue weighted by Crippen LogP contribution is 2.32. The summed E-state index contributed by atoms with van der Waals surface area (Å²) in [5.41, 5.74) is -5.36. The fourth-order valence-electron chi connectivity index (χ4n) is 0.696. The molecule has 14 heavy (non-hydrogen) atoms. The zero-order valence-electron chi connectivity index (χ0n) is 6.42. The number of sulfone groups is 1.